The quantitative estimate of drug-likeness (QED) is 0.290. The summed E-state index contributed by atoms with van der Waals surface area (Å²) in [5.41, 5.74) is 0. The largest absolute Gasteiger partial charge is 0.481 e. The van der Waals surface area contributed by atoms with E-state index in [0.717, 1.165) is 31.6 Å². The van der Waals surface area contributed by atoms with Gasteiger partial charge in [-0.1, -0.05) is 77.6 Å². The molecule has 0 aromatic carbocycles. The molecule has 0 fully saturated rings. The summed E-state index contributed by atoms with van der Waals surface area (Å²) in [6.45, 7) is 3.25. The van der Waals surface area contributed by atoms with Crippen molar-refractivity contribution in [3.05, 3.63) is 0 Å². The standard InChI is InChI=1S/C21H39NO2S/c1-2-3-4-5-6-7-8-9-10-11-14-19(21-22-17-18-25-21)15-12-13-16-20(23)24/h19H,2-18H2,1H3,(H,23,24). The zero-order valence-corrected chi connectivity index (χ0v) is 17.1. The first kappa shape index (κ1) is 22.5. The molecular formula is C21H39NO2S. The molecule has 0 aliphatic carbocycles. The van der Waals surface area contributed by atoms with Gasteiger partial charge in [0.1, 0.15) is 0 Å². The van der Waals surface area contributed by atoms with Gasteiger partial charge in [0, 0.05) is 24.6 Å². The molecule has 0 aromatic heterocycles. The van der Waals surface area contributed by atoms with Crippen LogP contribution in [-0.2, 0) is 4.79 Å². The molecule has 3 nitrogen and oxygen atoms in total. The first-order chi connectivity index (χ1) is 12.2. The van der Waals surface area contributed by atoms with E-state index in [1.165, 1.54) is 75.7 Å². The van der Waals surface area contributed by atoms with Crippen LogP contribution in [0.3, 0.4) is 0 Å². The van der Waals surface area contributed by atoms with Crippen LogP contribution in [0.1, 0.15) is 103 Å². The van der Waals surface area contributed by atoms with Crippen molar-refractivity contribution in [2.24, 2.45) is 10.9 Å². The Hall–Kier alpha value is -0.510. The van der Waals surface area contributed by atoms with Crippen LogP contribution in [0.5, 0.6) is 0 Å². The lowest BCUT2D eigenvalue weighted by Crippen LogP contribution is -2.10. The van der Waals surface area contributed by atoms with Gasteiger partial charge in [-0.15, -0.1) is 11.8 Å². The number of unbranched alkanes of at least 4 members (excludes halogenated alkanes) is 10. The van der Waals surface area contributed by atoms with Gasteiger partial charge in [0.2, 0.25) is 0 Å². The van der Waals surface area contributed by atoms with Gasteiger partial charge in [-0.3, -0.25) is 9.79 Å². The third kappa shape index (κ3) is 12.5. The van der Waals surface area contributed by atoms with Crippen LogP contribution >= 0.6 is 11.8 Å². The number of nitrogens with zero attached hydrogens (tertiary/aromatic N) is 1. The number of hydrogen-bond acceptors (Lipinski definition) is 3. The Balaban J connectivity index is 2.06. The summed E-state index contributed by atoms with van der Waals surface area (Å²) in [6, 6.07) is 0. The van der Waals surface area contributed by atoms with Crippen molar-refractivity contribution < 1.29 is 9.90 Å². The summed E-state index contributed by atoms with van der Waals surface area (Å²) in [4.78, 5) is 15.3. The monoisotopic (exact) mass is 369 g/mol. The highest BCUT2D eigenvalue weighted by atomic mass is 32.2. The molecule has 1 aliphatic rings. The van der Waals surface area contributed by atoms with E-state index in [0.29, 0.717) is 12.3 Å². The maximum Gasteiger partial charge on any atom is 0.303 e. The molecule has 0 aromatic rings. The van der Waals surface area contributed by atoms with Gasteiger partial charge >= 0.3 is 5.97 Å². The molecule has 1 atom stereocenters. The highest BCUT2D eigenvalue weighted by Crippen LogP contribution is 2.28. The van der Waals surface area contributed by atoms with E-state index in [2.05, 4.69) is 11.9 Å². The van der Waals surface area contributed by atoms with Crippen LogP contribution in [0.4, 0.5) is 0 Å². The van der Waals surface area contributed by atoms with Crippen LogP contribution in [0, 0.1) is 5.92 Å². The molecule has 0 saturated carbocycles. The van der Waals surface area contributed by atoms with Gasteiger partial charge in [0.25, 0.3) is 0 Å². The normalized spacial score (nSPS) is 15.3. The molecule has 0 amide bonds. The predicted octanol–water partition coefficient (Wildman–Crippen LogP) is 6.70. The Morgan fingerprint density at radius 1 is 0.960 bits per heavy atom. The average Bonchev–Trinajstić information content (AvgIpc) is 3.12. The molecule has 25 heavy (non-hydrogen) atoms. The lowest BCUT2D eigenvalue weighted by Gasteiger charge is -2.16. The van der Waals surface area contributed by atoms with E-state index >= 15 is 0 Å². The van der Waals surface area contributed by atoms with Gasteiger partial charge in [0.15, 0.2) is 0 Å². The van der Waals surface area contributed by atoms with Gasteiger partial charge in [-0.25, -0.2) is 0 Å². The number of thioether (sulfide) groups is 1. The zero-order chi connectivity index (χ0) is 18.2. The Morgan fingerprint density at radius 2 is 1.52 bits per heavy atom. The van der Waals surface area contributed by atoms with E-state index in [1.807, 2.05) is 11.8 Å². The molecular weight excluding hydrogens is 330 g/mol. The summed E-state index contributed by atoms with van der Waals surface area (Å²) in [7, 11) is 0. The Labute approximate surface area is 159 Å². The number of aliphatic imine (C=N–C) groups is 1. The van der Waals surface area contributed by atoms with Crippen LogP contribution in [0.2, 0.25) is 0 Å². The summed E-state index contributed by atoms with van der Waals surface area (Å²) < 4.78 is 0. The van der Waals surface area contributed by atoms with Crippen molar-refractivity contribution in [2.45, 2.75) is 103 Å². The molecule has 1 aliphatic heterocycles. The van der Waals surface area contributed by atoms with E-state index < -0.39 is 5.97 Å². The van der Waals surface area contributed by atoms with E-state index in [1.54, 1.807) is 0 Å². The molecule has 0 radical (unpaired) electrons. The number of aliphatic carboxylic acids is 1. The molecule has 0 saturated heterocycles. The lowest BCUT2D eigenvalue weighted by molar-refractivity contribution is -0.137. The number of carbonyl (C=O) groups is 1. The Bertz CT molecular complexity index is 371. The second-order valence-electron chi connectivity index (χ2n) is 7.38. The average molecular weight is 370 g/mol. The topological polar surface area (TPSA) is 49.7 Å². The van der Waals surface area contributed by atoms with Crippen molar-refractivity contribution in [1.82, 2.24) is 0 Å². The molecule has 0 spiro atoms. The first-order valence-electron chi connectivity index (χ1n) is 10.6. The highest BCUT2D eigenvalue weighted by molar-refractivity contribution is 8.14. The minimum Gasteiger partial charge on any atom is -0.481 e. The van der Waals surface area contributed by atoms with Crippen molar-refractivity contribution in [2.75, 3.05) is 12.3 Å². The van der Waals surface area contributed by atoms with Gasteiger partial charge in [-0.2, -0.15) is 0 Å². The fourth-order valence-corrected chi connectivity index (χ4v) is 4.58. The minimum atomic E-state index is -0.668. The minimum absolute atomic E-state index is 0.310. The van der Waals surface area contributed by atoms with Crippen molar-refractivity contribution in [3.8, 4) is 0 Å². The van der Waals surface area contributed by atoms with Gasteiger partial charge in [-0.05, 0) is 19.3 Å². The number of carboxylic acid groups (broad SMARTS) is 1. The van der Waals surface area contributed by atoms with E-state index in [9.17, 15) is 4.79 Å². The summed E-state index contributed by atoms with van der Waals surface area (Å²) in [6.07, 6.45) is 18.3. The maximum absolute atomic E-state index is 10.6. The van der Waals surface area contributed by atoms with E-state index in [-0.39, 0.29) is 0 Å². The molecule has 0 bridgehead atoms. The fraction of sp³-hybridized carbons (Fsp3) is 0.905. The Morgan fingerprint density at radius 3 is 2.04 bits per heavy atom. The number of hydrogen-bond donors (Lipinski definition) is 1. The SMILES string of the molecule is CCCCCCCCCCCCC(CCCCC(=O)O)C1=NCCS1. The Kier molecular flexibility index (Phi) is 14.2. The zero-order valence-electron chi connectivity index (χ0n) is 16.3. The van der Waals surface area contributed by atoms with Crippen LogP contribution in [0.25, 0.3) is 0 Å². The number of carboxylic acids is 1. The fourth-order valence-electron chi connectivity index (χ4n) is 3.54. The smallest absolute Gasteiger partial charge is 0.303 e. The van der Waals surface area contributed by atoms with E-state index in [4.69, 9.17) is 5.11 Å². The number of rotatable bonds is 17. The summed E-state index contributed by atoms with van der Waals surface area (Å²) in [5, 5.41) is 10.1. The molecule has 4 heteroatoms. The summed E-state index contributed by atoms with van der Waals surface area (Å²) >= 11 is 1.93. The second kappa shape index (κ2) is 15.7. The molecule has 1 heterocycles. The van der Waals surface area contributed by atoms with Crippen LogP contribution in [-0.4, -0.2) is 28.4 Å². The van der Waals surface area contributed by atoms with Gasteiger partial charge in [0.05, 0.1) is 5.04 Å². The second-order valence-corrected chi connectivity index (χ2v) is 8.49. The first-order valence-corrected chi connectivity index (χ1v) is 11.6. The lowest BCUT2D eigenvalue weighted by atomic mass is 9.95. The predicted molar refractivity (Wildman–Crippen MR) is 111 cm³/mol. The molecule has 146 valence electrons. The van der Waals surface area contributed by atoms with Crippen LogP contribution < -0.4 is 0 Å². The molecule has 1 N–H and O–H groups in total. The third-order valence-electron chi connectivity index (χ3n) is 5.06. The summed E-state index contributed by atoms with van der Waals surface area (Å²) in [5.74, 6) is 1.06. The third-order valence-corrected chi connectivity index (χ3v) is 6.20. The molecule has 1 unspecified atom stereocenters. The molecule has 1 rings (SSSR count). The highest BCUT2D eigenvalue weighted by Gasteiger charge is 2.19. The van der Waals surface area contributed by atoms with Crippen molar-refractivity contribution >= 4 is 22.8 Å². The van der Waals surface area contributed by atoms with Crippen LogP contribution in [0.15, 0.2) is 4.99 Å². The van der Waals surface area contributed by atoms with Crippen molar-refractivity contribution in [1.29, 1.82) is 0 Å². The maximum atomic E-state index is 10.6. The van der Waals surface area contributed by atoms with Gasteiger partial charge < -0.3 is 5.11 Å². The van der Waals surface area contributed by atoms with Crippen molar-refractivity contribution in [3.63, 3.8) is 0 Å².